The number of fused-ring (bicyclic) bond motifs is 6. The van der Waals surface area contributed by atoms with E-state index >= 15 is 0 Å². The largest absolute Gasteiger partial charge is 0.339 e. The van der Waals surface area contributed by atoms with Gasteiger partial charge in [0.25, 0.3) is 0 Å². The molecule has 0 spiro atoms. The van der Waals surface area contributed by atoms with E-state index in [1.54, 1.807) is 0 Å². The number of hydrogen-bond acceptors (Lipinski definition) is 2. The van der Waals surface area contributed by atoms with Crippen LogP contribution in [0.15, 0.2) is 121 Å². The number of thiophene rings is 1. The van der Waals surface area contributed by atoms with E-state index in [1.165, 1.54) is 64.2 Å². The average Bonchev–Trinajstić information content (AvgIpc) is 3.31. The average molecular weight is 494 g/mol. The van der Waals surface area contributed by atoms with Crippen LogP contribution >= 0.6 is 11.3 Å². The molecule has 0 N–H and O–H groups in total. The first-order valence-corrected chi connectivity index (χ1v) is 13.7. The molecule has 2 heteroatoms. The van der Waals surface area contributed by atoms with E-state index in [0.29, 0.717) is 6.04 Å². The molecule has 0 aliphatic heterocycles. The van der Waals surface area contributed by atoms with Gasteiger partial charge in [0.05, 0.1) is 0 Å². The summed E-state index contributed by atoms with van der Waals surface area (Å²) in [6.07, 6.45) is 0. The zero-order valence-corrected chi connectivity index (χ0v) is 21.8. The van der Waals surface area contributed by atoms with Crippen LogP contribution in [0.4, 0.5) is 11.4 Å². The summed E-state index contributed by atoms with van der Waals surface area (Å²) in [5.74, 6) is 0. The van der Waals surface area contributed by atoms with Crippen molar-refractivity contribution in [1.29, 1.82) is 0 Å². The van der Waals surface area contributed by atoms with E-state index in [2.05, 4.69) is 140 Å². The molecule has 0 fully saturated rings. The first-order valence-electron chi connectivity index (χ1n) is 12.9. The SMILES string of the molecule is CC(C)N(c1ccc(-c2cc3ccccc3c3ccccc23)cc1)c1ccc2c(c1)sc1ccccc12. The fraction of sp³-hybridized carbons (Fsp3) is 0.0857. The first-order chi connectivity index (χ1) is 18.2. The van der Waals surface area contributed by atoms with Gasteiger partial charge in [0.2, 0.25) is 0 Å². The zero-order chi connectivity index (χ0) is 24.9. The van der Waals surface area contributed by atoms with Crippen LogP contribution in [0.2, 0.25) is 0 Å². The molecule has 0 saturated heterocycles. The Kier molecular flexibility index (Phi) is 5.23. The maximum absolute atomic E-state index is 2.44. The minimum atomic E-state index is 0.333. The third-order valence-corrected chi connectivity index (χ3v) is 8.52. The second kappa shape index (κ2) is 8.76. The van der Waals surface area contributed by atoms with Crippen molar-refractivity contribution < 1.29 is 0 Å². The molecule has 0 unspecified atom stereocenters. The quantitative estimate of drug-likeness (QED) is 0.220. The lowest BCUT2D eigenvalue weighted by Crippen LogP contribution is -2.25. The van der Waals surface area contributed by atoms with Gasteiger partial charge in [-0.15, -0.1) is 11.3 Å². The number of nitrogens with zero attached hydrogens (tertiary/aromatic N) is 1. The predicted molar refractivity (Wildman–Crippen MR) is 163 cm³/mol. The second-order valence-electron chi connectivity index (χ2n) is 9.98. The summed E-state index contributed by atoms with van der Waals surface area (Å²) < 4.78 is 2.68. The predicted octanol–water partition coefficient (Wildman–Crippen LogP) is 10.6. The van der Waals surface area contributed by atoms with Crippen molar-refractivity contribution in [3.8, 4) is 11.1 Å². The van der Waals surface area contributed by atoms with Crippen molar-refractivity contribution in [3.63, 3.8) is 0 Å². The van der Waals surface area contributed by atoms with Crippen LogP contribution in [0.3, 0.4) is 0 Å². The molecule has 7 rings (SSSR count). The minimum Gasteiger partial charge on any atom is -0.339 e. The van der Waals surface area contributed by atoms with Crippen LogP contribution < -0.4 is 4.90 Å². The Bertz CT molecular complexity index is 1910. The molecule has 1 heterocycles. The molecule has 0 bridgehead atoms. The van der Waals surface area contributed by atoms with E-state index in [4.69, 9.17) is 0 Å². The van der Waals surface area contributed by atoms with Crippen molar-refractivity contribution in [2.24, 2.45) is 0 Å². The summed E-state index contributed by atoms with van der Waals surface area (Å²) in [6, 6.07) is 44.8. The number of rotatable bonds is 4. The van der Waals surface area contributed by atoms with E-state index < -0.39 is 0 Å². The number of hydrogen-bond donors (Lipinski definition) is 0. The van der Waals surface area contributed by atoms with Gasteiger partial charge >= 0.3 is 0 Å². The third kappa shape index (κ3) is 3.68. The standard InChI is InChI=1S/C35H27NS/c1-23(2)36(27-19-20-32-31-13-7-8-14-34(31)37-35(32)22-27)26-17-15-24(16-18-26)33-21-25-9-3-4-10-28(25)29-11-5-6-12-30(29)33/h3-23H,1-2H3. The molecule has 7 aromatic rings. The Morgan fingerprint density at radius 1 is 0.514 bits per heavy atom. The molecule has 178 valence electrons. The molecule has 0 aliphatic rings. The molecule has 6 aromatic carbocycles. The zero-order valence-electron chi connectivity index (χ0n) is 21.0. The summed E-state index contributed by atoms with van der Waals surface area (Å²) in [4.78, 5) is 2.44. The van der Waals surface area contributed by atoms with Crippen molar-refractivity contribution >= 4 is 64.4 Å². The topological polar surface area (TPSA) is 3.24 Å². The van der Waals surface area contributed by atoms with Gasteiger partial charge in [-0.1, -0.05) is 84.9 Å². The Labute approximate surface area is 221 Å². The van der Waals surface area contributed by atoms with E-state index in [0.717, 1.165) is 0 Å². The van der Waals surface area contributed by atoms with Gasteiger partial charge in [-0.2, -0.15) is 0 Å². The summed E-state index contributed by atoms with van der Waals surface area (Å²) in [5.41, 5.74) is 4.97. The van der Waals surface area contributed by atoms with E-state index in [9.17, 15) is 0 Å². The number of benzene rings is 6. The monoisotopic (exact) mass is 493 g/mol. The fourth-order valence-electron chi connectivity index (χ4n) is 5.70. The van der Waals surface area contributed by atoms with Gasteiger partial charge in [0.1, 0.15) is 0 Å². The Morgan fingerprint density at radius 2 is 1.14 bits per heavy atom. The highest BCUT2D eigenvalue weighted by Crippen LogP contribution is 2.39. The highest BCUT2D eigenvalue weighted by atomic mass is 32.1. The molecule has 0 amide bonds. The summed E-state index contributed by atoms with van der Waals surface area (Å²) in [7, 11) is 0. The van der Waals surface area contributed by atoms with Crippen LogP contribution in [0.1, 0.15) is 13.8 Å². The molecule has 0 saturated carbocycles. The maximum Gasteiger partial charge on any atom is 0.0427 e. The van der Waals surface area contributed by atoms with Gasteiger partial charge in [-0.05, 0) is 82.9 Å². The van der Waals surface area contributed by atoms with Crippen molar-refractivity contribution in [1.82, 2.24) is 0 Å². The lowest BCUT2D eigenvalue weighted by atomic mass is 9.93. The smallest absolute Gasteiger partial charge is 0.0427 e. The van der Waals surface area contributed by atoms with Crippen LogP contribution in [-0.4, -0.2) is 6.04 Å². The molecule has 0 aliphatic carbocycles. The van der Waals surface area contributed by atoms with Crippen molar-refractivity contribution in [2.45, 2.75) is 19.9 Å². The van der Waals surface area contributed by atoms with Crippen LogP contribution in [0, 0.1) is 0 Å². The molecule has 0 atom stereocenters. The van der Waals surface area contributed by atoms with Gasteiger partial charge in [-0.3, -0.25) is 0 Å². The highest BCUT2D eigenvalue weighted by molar-refractivity contribution is 7.25. The molecule has 1 aromatic heterocycles. The number of anilines is 2. The van der Waals surface area contributed by atoms with E-state index in [-0.39, 0.29) is 0 Å². The highest BCUT2D eigenvalue weighted by Gasteiger charge is 2.16. The molecular formula is C35H27NS. The van der Waals surface area contributed by atoms with Crippen molar-refractivity contribution in [3.05, 3.63) is 121 Å². The Hall–Kier alpha value is -4.14. The van der Waals surface area contributed by atoms with E-state index in [1.807, 2.05) is 11.3 Å². The molecule has 37 heavy (non-hydrogen) atoms. The normalized spacial score (nSPS) is 11.8. The fourth-order valence-corrected chi connectivity index (χ4v) is 6.84. The molecule has 1 nitrogen and oxygen atoms in total. The summed E-state index contributed by atoms with van der Waals surface area (Å²) >= 11 is 1.88. The van der Waals surface area contributed by atoms with Gasteiger partial charge in [0, 0.05) is 37.6 Å². The van der Waals surface area contributed by atoms with Crippen molar-refractivity contribution in [2.75, 3.05) is 4.90 Å². The Morgan fingerprint density at radius 3 is 1.92 bits per heavy atom. The molecule has 0 radical (unpaired) electrons. The summed E-state index contributed by atoms with van der Waals surface area (Å²) in [5, 5.41) is 7.87. The molecular weight excluding hydrogens is 466 g/mol. The van der Waals surface area contributed by atoms with Gasteiger partial charge < -0.3 is 4.90 Å². The van der Waals surface area contributed by atoms with Gasteiger partial charge in [0.15, 0.2) is 0 Å². The lowest BCUT2D eigenvalue weighted by Gasteiger charge is -2.29. The van der Waals surface area contributed by atoms with Crippen LogP contribution in [-0.2, 0) is 0 Å². The summed E-state index contributed by atoms with van der Waals surface area (Å²) in [6.45, 7) is 4.53. The van der Waals surface area contributed by atoms with Gasteiger partial charge in [-0.25, -0.2) is 0 Å². The first kappa shape index (κ1) is 22.1. The van der Waals surface area contributed by atoms with Crippen LogP contribution in [0.25, 0.3) is 52.8 Å². The lowest BCUT2D eigenvalue weighted by molar-refractivity contribution is 0.789. The second-order valence-corrected chi connectivity index (χ2v) is 11.1. The minimum absolute atomic E-state index is 0.333. The maximum atomic E-state index is 2.44. The third-order valence-electron chi connectivity index (χ3n) is 7.38. The Balaban J connectivity index is 1.32. The van der Waals surface area contributed by atoms with Crippen LogP contribution in [0.5, 0.6) is 0 Å².